The SMILES string of the molecule is Nc1ccc(-c2csc(Cc3nc(-c4ccc(N)cc4)cs3)n2)cc1. The first kappa shape index (κ1) is 15.8. The molecule has 0 saturated carbocycles. The molecule has 0 radical (unpaired) electrons. The van der Waals surface area contributed by atoms with Crippen molar-refractivity contribution in [2.45, 2.75) is 6.42 Å². The highest BCUT2D eigenvalue weighted by Gasteiger charge is 2.09. The summed E-state index contributed by atoms with van der Waals surface area (Å²) in [5, 5.41) is 6.28. The van der Waals surface area contributed by atoms with E-state index in [1.54, 1.807) is 22.7 Å². The molecule has 0 bridgehead atoms. The third-order valence-electron chi connectivity index (χ3n) is 3.82. The Bertz CT molecular complexity index is 903. The highest BCUT2D eigenvalue weighted by Crippen LogP contribution is 2.27. The molecule has 2 aromatic heterocycles. The maximum atomic E-state index is 5.74. The van der Waals surface area contributed by atoms with E-state index >= 15 is 0 Å². The molecule has 0 atom stereocenters. The third-order valence-corrected chi connectivity index (χ3v) is 5.52. The number of anilines is 2. The van der Waals surface area contributed by atoms with Gasteiger partial charge < -0.3 is 11.5 Å². The average Bonchev–Trinajstić information content (AvgIpc) is 3.27. The summed E-state index contributed by atoms with van der Waals surface area (Å²) in [6.07, 6.45) is 0.749. The standard InChI is InChI=1S/C19H16N4S2/c20-14-5-1-12(2-6-14)16-10-24-18(22-16)9-19-23-17(11-25-19)13-3-7-15(21)8-4-13/h1-8,10-11H,9,20-21H2. The summed E-state index contributed by atoms with van der Waals surface area (Å²) >= 11 is 3.32. The van der Waals surface area contributed by atoms with Crippen LogP contribution >= 0.6 is 22.7 Å². The van der Waals surface area contributed by atoms with Gasteiger partial charge in [-0.3, -0.25) is 0 Å². The molecule has 0 aliphatic rings. The molecular formula is C19H16N4S2. The van der Waals surface area contributed by atoms with Crippen molar-refractivity contribution in [1.82, 2.24) is 9.97 Å². The van der Waals surface area contributed by atoms with E-state index < -0.39 is 0 Å². The molecule has 0 aliphatic carbocycles. The molecule has 0 fully saturated rings. The third kappa shape index (κ3) is 3.55. The van der Waals surface area contributed by atoms with E-state index in [1.807, 2.05) is 48.5 Å². The zero-order valence-electron chi connectivity index (χ0n) is 13.3. The van der Waals surface area contributed by atoms with Crippen molar-refractivity contribution < 1.29 is 0 Å². The van der Waals surface area contributed by atoms with E-state index in [-0.39, 0.29) is 0 Å². The highest BCUT2D eigenvalue weighted by atomic mass is 32.1. The van der Waals surface area contributed by atoms with Gasteiger partial charge >= 0.3 is 0 Å². The van der Waals surface area contributed by atoms with Gasteiger partial charge in [-0.05, 0) is 24.3 Å². The number of rotatable bonds is 4. The van der Waals surface area contributed by atoms with Crippen molar-refractivity contribution in [2.24, 2.45) is 0 Å². The molecule has 0 spiro atoms. The maximum Gasteiger partial charge on any atom is 0.100 e. The molecule has 0 unspecified atom stereocenters. The Kier molecular flexibility index (Phi) is 4.21. The minimum atomic E-state index is 0.749. The van der Waals surface area contributed by atoms with Gasteiger partial charge in [-0.2, -0.15) is 0 Å². The van der Waals surface area contributed by atoms with Gasteiger partial charge in [0.2, 0.25) is 0 Å². The van der Waals surface area contributed by atoms with Crippen LogP contribution in [-0.2, 0) is 6.42 Å². The first-order valence-electron chi connectivity index (χ1n) is 7.78. The first-order valence-corrected chi connectivity index (χ1v) is 9.54. The number of benzene rings is 2. The van der Waals surface area contributed by atoms with Gasteiger partial charge in [-0.1, -0.05) is 24.3 Å². The number of hydrogen-bond donors (Lipinski definition) is 2. The van der Waals surface area contributed by atoms with Crippen LogP contribution < -0.4 is 11.5 Å². The molecule has 2 aromatic carbocycles. The Balaban J connectivity index is 1.51. The summed E-state index contributed by atoms with van der Waals surface area (Å²) in [5.41, 5.74) is 17.1. The van der Waals surface area contributed by atoms with Gasteiger partial charge in [-0.15, -0.1) is 22.7 Å². The van der Waals surface area contributed by atoms with Gasteiger partial charge in [0.25, 0.3) is 0 Å². The average molecular weight is 364 g/mol. The zero-order chi connectivity index (χ0) is 17.2. The normalized spacial score (nSPS) is 10.9. The van der Waals surface area contributed by atoms with Gasteiger partial charge in [-0.25, -0.2) is 9.97 Å². The van der Waals surface area contributed by atoms with E-state index in [9.17, 15) is 0 Å². The highest BCUT2D eigenvalue weighted by molar-refractivity contribution is 7.11. The molecule has 4 aromatic rings. The van der Waals surface area contributed by atoms with Crippen LogP contribution in [0.25, 0.3) is 22.5 Å². The summed E-state index contributed by atoms with van der Waals surface area (Å²) in [4.78, 5) is 9.45. The van der Waals surface area contributed by atoms with E-state index in [0.29, 0.717) is 0 Å². The second kappa shape index (κ2) is 6.66. The van der Waals surface area contributed by atoms with Gasteiger partial charge in [0, 0.05) is 33.3 Å². The van der Waals surface area contributed by atoms with Crippen molar-refractivity contribution in [1.29, 1.82) is 0 Å². The number of nitrogens with zero attached hydrogens (tertiary/aromatic N) is 2. The van der Waals surface area contributed by atoms with Crippen molar-refractivity contribution in [3.8, 4) is 22.5 Å². The first-order chi connectivity index (χ1) is 12.2. The van der Waals surface area contributed by atoms with E-state index in [0.717, 1.165) is 50.3 Å². The second-order valence-electron chi connectivity index (χ2n) is 5.67. The molecule has 0 saturated heterocycles. The Labute approximate surface area is 153 Å². The Morgan fingerprint density at radius 2 is 1.04 bits per heavy atom. The lowest BCUT2D eigenvalue weighted by molar-refractivity contribution is 1.11. The quantitative estimate of drug-likeness (QED) is 0.515. The monoisotopic (exact) mass is 364 g/mol. The molecule has 25 heavy (non-hydrogen) atoms. The lowest BCUT2D eigenvalue weighted by Gasteiger charge is -1.98. The molecule has 4 N–H and O–H groups in total. The number of nitrogens with two attached hydrogens (primary N) is 2. The van der Waals surface area contributed by atoms with Gasteiger partial charge in [0.15, 0.2) is 0 Å². The molecule has 124 valence electrons. The Morgan fingerprint density at radius 1 is 0.640 bits per heavy atom. The van der Waals surface area contributed by atoms with Crippen molar-refractivity contribution in [3.05, 3.63) is 69.3 Å². The van der Waals surface area contributed by atoms with Crippen LogP contribution in [-0.4, -0.2) is 9.97 Å². The number of nitrogen functional groups attached to an aromatic ring is 2. The molecule has 0 amide bonds. The van der Waals surface area contributed by atoms with Crippen LogP contribution in [0.1, 0.15) is 10.0 Å². The van der Waals surface area contributed by atoms with E-state index in [1.165, 1.54) is 0 Å². The van der Waals surface area contributed by atoms with Crippen LogP contribution in [0.2, 0.25) is 0 Å². The Morgan fingerprint density at radius 3 is 1.44 bits per heavy atom. The van der Waals surface area contributed by atoms with E-state index in [2.05, 4.69) is 10.8 Å². The van der Waals surface area contributed by atoms with Crippen LogP contribution in [0.15, 0.2) is 59.3 Å². The number of hydrogen-bond acceptors (Lipinski definition) is 6. The van der Waals surface area contributed by atoms with Crippen molar-refractivity contribution in [2.75, 3.05) is 11.5 Å². The molecule has 6 heteroatoms. The second-order valence-corrected chi connectivity index (χ2v) is 7.56. The van der Waals surface area contributed by atoms with Crippen molar-refractivity contribution >= 4 is 34.0 Å². The zero-order valence-corrected chi connectivity index (χ0v) is 15.0. The maximum absolute atomic E-state index is 5.74. The van der Waals surface area contributed by atoms with Crippen LogP contribution in [0.5, 0.6) is 0 Å². The van der Waals surface area contributed by atoms with Crippen molar-refractivity contribution in [3.63, 3.8) is 0 Å². The summed E-state index contributed by atoms with van der Waals surface area (Å²) in [6.45, 7) is 0. The topological polar surface area (TPSA) is 77.8 Å². The smallest absolute Gasteiger partial charge is 0.100 e. The predicted molar refractivity (Wildman–Crippen MR) is 107 cm³/mol. The van der Waals surface area contributed by atoms with Gasteiger partial charge in [0.05, 0.1) is 17.8 Å². The van der Waals surface area contributed by atoms with Crippen LogP contribution in [0, 0.1) is 0 Å². The molecular weight excluding hydrogens is 348 g/mol. The molecule has 4 nitrogen and oxygen atoms in total. The van der Waals surface area contributed by atoms with Gasteiger partial charge in [0.1, 0.15) is 10.0 Å². The fourth-order valence-corrected chi connectivity index (χ4v) is 4.19. The summed E-state index contributed by atoms with van der Waals surface area (Å²) < 4.78 is 0. The van der Waals surface area contributed by atoms with Crippen LogP contribution in [0.3, 0.4) is 0 Å². The fraction of sp³-hybridized carbons (Fsp3) is 0.0526. The number of thiazole rings is 2. The predicted octanol–water partition coefficient (Wildman–Crippen LogP) is 4.69. The molecule has 4 rings (SSSR count). The lowest BCUT2D eigenvalue weighted by atomic mass is 10.1. The summed E-state index contributed by atoms with van der Waals surface area (Å²) in [7, 11) is 0. The molecule has 0 aliphatic heterocycles. The largest absolute Gasteiger partial charge is 0.399 e. The minimum absolute atomic E-state index is 0.749. The van der Waals surface area contributed by atoms with Crippen LogP contribution in [0.4, 0.5) is 11.4 Å². The minimum Gasteiger partial charge on any atom is -0.399 e. The molecule has 2 heterocycles. The summed E-state index contributed by atoms with van der Waals surface area (Å²) in [5.74, 6) is 0. The Hall–Kier alpha value is -2.70. The summed E-state index contributed by atoms with van der Waals surface area (Å²) in [6, 6.07) is 15.6. The number of aromatic nitrogens is 2. The van der Waals surface area contributed by atoms with E-state index in [4.69, 9.17) is 21.4 Å². The lowest BCUT2D eigenvalue weighted by Crippen LogP contribution is -1.88. The fourth-order valence-electron chi connectivity index (χ4n) is 2.49.